The zero-order chi connectivity index (χ0) is 8.39. The zero-order valence-electron chi connectivity index (χ0n) is 7.59. The van der Waals surface area contributed by atoms with E-state index in [-0.39, 0.29) is 0 Å². The molecule has 1 heterocycles. The lowest BCUT2D eigenvalue weighted by molar-refractivity contribution is 0.635. The Morgan fingerprint density at radius 1 is 1.42 bits per heavy atom. The number of rotatable bonds is 0. The van der Waals surface area contributed by atoms with E-state index in [4.69, 9.17) is 0 Å². The first-order chi connectivity index (χ1) is 5.88. The summed E-state index contributed by atoms with van der Waals surface area (Å²) in [6.07, 6.45) is 7.10. The van der Waals surface area contributed by atoms with Crippen LogP contribution in [0.15, 0.2) is 18.3 Å². The molecule has 64 valence electrons. The SMILES string of the molecule is CC1CCCCc2ncccc21. The van der Waals surface area contributed by atoms with Crippen LogP contribution in [-0.2, 0) is 6.42 Å². The van der Waals surface area contributed by atoms with Crippen LogP contribution < -0.4 is 0 Å². The van der Waals surface area contributed by atoms with Crippen LogP contribution in [-0.4, -0.2) is 4.98 Å². The van der Waals surface area contributed by atoms with E-state index in [0.717, 1.165) is 5.92 Å². The van der Waals surface area contributed by atoms with E-state index in [0.29, 0.717) is 0 Å². The summed E-state index contributed by atoms with van der Waals surface area (Å²) in [6, 6.07) is 4.29. The highest BCUT2D eigenvalue weighted by Gasteiger charge is 2.14. The minimum absolute atomic E-state index is 0.719. The van der Waals surface area contributed by atoms with Crippen LogP contribution in [0.3, 0.4) is 0 Å². The van der Waals surface area contributed by atoms with Crippen molar-refractivity contribution in [3.63, 3.8) is 0 Å². The van der Waals surface area contributed by atoms with Crippen molar-refractivity contribution >= 4 is 0 Å². The van der Waals surface area contributed by atoms with Crippen molar-refractivity contribution in [3.8, 4) is 0 Å². The van der Waals surface area contributed by atoms with Gasteiger partial charge in [0.2, 0.25) is 0 Å². The van der Waals surface area contributed by atoms with E-state index < -0.39 is 0 Å². The molecule has 0 aliphatic heterocycles. The molecule has 0 fully saturated rings. The van der Waals surface area contributed by atoms with E-state index in [1.807, 2.05) is 6.20 Å². The second-order valence-electron chi connectivity index (χ2n) is 3.69. The van der Waals surface area contributed by atoms with Crippen molar-refractivity contribution in [1.82, 2.24) is 4.98 Å². The fourth-order valence-corrected chi connectivity index (χ4v) is 2.01. The summed E-state index contributed by atoms with van der Waals surface area (Å²) in [6.45, 7) is 2.31. The standard InChI is InChI=1S/C11H15N/c1-9-5-2-3-7-11-10(9)6-4-8-12-11/h4,6,8-9H,2-3,5,7H2,1H3. The summed E-state index contributed by atoms with van der Waals surface area (Å²) in [7, 11) is 0. The molecule has 0 amide bonds. The molecule has 0 bridgehead atoms. The molecule has 1 atom stereocenters. The molecule has 2 rings (SSSR count). The smallest absolute Gasteiger partial charge is 0.0438 e. The molecular weight excluding hydrogens is 146 g/mol. The number of nitrogens with zero attached hydrogens (tertiary/aromatic N) is 1. The number of aryl methyl sites for hydroxylation is 1. The quantitative estimate of drug-likeness (QED) is 0.533. The predicted molar refractivity (Wildman–Crippen MR) is 50.2 cm³/mol. The maximum absolute atomic E-state index is 4.43. The molecular formula is C11H15N. The van der Waals surface area contributed by atoms with Gasteiger partial charge in [0.25, 0.3) is 0 Å². The summed E-state index contributed by atoms with van der Waals surface area (Å²) in [5.74, 6) is 0.719. The zero-order valence-corrected chi connectivity index (χ0v) is 7.59. The molecule has 0 radical (unpaired) electrons. The van der Waals surface area contributed by atoms with E-state index in [1.54, 1.807) is 0 Å². The molecule has 0 saturated heterocycles. The Morgan fingerprint density at radius 3 is 3.25 bits per heavy atom. The van der Waals surface area contributed by atoms with Crippen molar-refractivity contribution in [3.05, 3.63) is 29.6 Å². The lowest BCUT2D eigenvalue weighted by Gasteiger charge is -2.10. The van der Waals surface area contributed by atoms with Gasteiger partial charge in [-0.15, -0.1) is 0 Å². The molecule has 0 saturated carbocycles. The molecule has 0 spiro atoms. The van der Waals surface area contributed by atoms with Crippen LogP contribution in [0.25, 0.3) is 0 Å². The monoisotopic (exact) mass is 161 g/mol. The fraction of sp³-hybridized carbons (Fsp3) is 0.545. The molecule has 1 aliphatic carbocycles. The first kappa shape index (κ1) is 7.78. The largest absolute Gasteiger partial charge is 0.261 e. The maximum atomic E-state index is 4.43. The van der Waals surface area contributed by atoms with Crippen molar-refractivity contribution in [2.24, 2.45) is 0 Å². The number of fused-ring (bicyclic) bond motifs is 1. The third kappa shape index (κ3) is 1.36. The average molecular weight is 161 g/mol. The predicted octanol–water partition coefficient (Wildman–Crippen LogP) is 2.91. The van der Waals surface area contributed by atoms with Crippen molar-refractivity contribution in [2.75, 3.05) is 0 Å². The van der Waals surface area contributed by atoms with E-state index >= 15 is 0 Å². The topological polar surface area (TPSA) is 12.9 Å². The molecule has 1 aromatic rings. The van der Waals surface area contributed by atoms with Crippen LogP contribution in [0.2, 0.25) is 0 Å². The molecule has 1 aliphatic rings. The summed E-state index contributed by atoms with van der Waals surface area (Å²) in [5, 5.41) is 0. The number of aromatic nitrogens is 1. The third-order valence-corrected chi connectivity index (χ3v) is 2.76. The van der Waals surface area contributed by atoms with Gasteiger partial charge in [-0.2, -0.15) is 0 Å². The second-order valence-corrected chi connectivity index (χ2v) is 3.69. The first-order valence-electron chi connectivity index (χ1n) is 4.81. The molecule has 1 nitrogen and oxygen atoms in total. The highest BCUT2D eigenvalue weighted by molar-refractivity contribution is 5.24. The lowest BCUT2D eigenvalue weighted by Crippen LogP contribution is -1.97. The van der Waals surface area contributed by atoms with Gasteiger partial charge in [-0.05, 0) is 36.8 Å². The summed E-state index contributed by atoms with van der Waals surface area (Å²) < 4.78 is 0. The van der Waals surface area contributed by atoms with Crippen molar-refractivity contribution in [1.29, 1.82) is 0 Å². The van der Waals surface area contributed by atoms with Gasteiger partial charge in [0.05, 0.1) is 0 Å². The normalized spacial score (nSPS) is 22.9. The maximum Gasteiger partial charge on any atom is 0.0438 e. The van der Waals surface area contributed by atoms with Crippen LogP contribution in [0.4, 0.5) is 0 Å². The molecule has 0 aromatic carbocycles. The van der Waals surface area contributed by atoms with Crippen molar-refractivity contribution < 1.29 is 0 Å². The highest BCUT2D eigenvalue weighted by Crippen LogP contribution is 2.28. The van der Waals surface area contributed by atoms with E-state index in [2.05, 4.69) is 24.0 Å². The molecule has 12 heavy (non-hydrogen) atoms. The van der Waals surface area contributed by atoms with Gasteiger partial charge in [-0.3, -0.25) is 4.98 Å². The Bertz CT molecular complexity index is 267. The molecule has 1 aromatic heterocycles. The van der Waals surface area contributed by atoms with Gasteiger partial charge >= 0.3 is 0 Å². The minimum Gasteiger partial charge on any atom is -0.261 e. The summed E-state index contributed by atoms with van der Waals surface area (Å²) >= 11 is 0. The van der Waals surface area contributed by atoms with Gasteiger partial charge < -0.3 is 0 Å². The Labute approximate surface area is 73.8 Å². The van der Waals surface area contributed by atoms with E-state index in [1.165, 1.54) is 36.9 Å². The summed E-state index contributed by atoms with van der Waals surface area (Å²) in [5.41, 5.74) is 2.82. The van der Waals surface area contributed by atoms with Gasteiger partial charge in [0.15, 0.2) is 0 Å². The van der Waals surface area contributed by atoms with E-state index in [9.17, 15) is 0 Å². The minimum atomic E-state index is 0.719. The van der Waals surface area contributed by atoms with Crippen LogP contribution in [0, 0.1) is 0 Å². The second kappa shape index (κ2) is 3.26. The van der Waals surface area contributed by atoms with Crippen LogP contribution in [0.1, 0.15) is 43.4 Å². The Hall–Kier alpha value is -0.850. The Morgan fingerprint density at radius 2 is 2.33 bits per heavy atom. The fourth-order valence-electron chi connectivity index (χ4n) is 2.01. The van der Waals surface area contributed by atoms with Gasteiger partial charge in [-0.1, -0.05) is 19.4 Å². The first-order valence-corrected chi connectivity index (χ1v) is 4.81. The number of pyridine rings is 1. The van der Waals surface area contributed by atoms with Gasteiger partial charge in [0, 0.05) is 11.9 Å². The Kier molecular flexibility index (Phi) is 2.11. The third-order valence-electron chi connectivity index (χ3n) is 2.76. The number of hydrogen-bond acceptors (Lipinski definition) is 1. The molecule has 1 unspecified atom stereocenters. The highest BCUT2D eigenvalue weighted by atomic mass is 14.7. The van der Waals surface area contributed by atoms with Gasteiger partial charge in [0.1, 0.15) is 0 Å². The summed E-state index contributed by atoms with van der Waals surface area (Å²) in [4.78, 5) is 4.43. The average Bonchev–Trinajstić information content (AvgIpc) is 2.29. The number of hydrogen-bond donors (Lipinski definition) is 0. The van der Waals surface area contributed by atoms with Gasteiger partial charge in [-0.25, -0.2) is 0 Å². The van der Waals surface area contributed by atoms with Crippen molar-refractivity contribution in [2.45, 2.75) is 38.5 Å². The molecule has 1 heteroatoms. The van der Waals surface area contributed by atoms with Crippen LogP contribution in [0.5, 0.6) is 0 Å². The van der Waals surface area contributed by atoms with Crippen LogP contribution >= 0.6 is 0 Å². The molecule has 0 N–H and O–H groups in total. The Balaban J connectivity index is 2.39. The lowest BCUT2D eigenvalue weighted by atomic mass is 9.98.